The van der Waals surface area contributed by atoms with Gasteiger partial charge in [0, 0.05) is 31.4 Å². The van der Waals surface area contributed by atoms with E-state index in [1.54, 1.807) is 6.07 Å². The molecule has 1 aromatic heterocycles. The number of carbonyl (C=O) groups excluding carboxylic acids is 1. The molecule has 1 aliphatic rings. The zero-order valence-electron chi connectivity index (χ0n) is 13.5. The van der Waals surface area contributed by atoms with Crippen LogP contribution in [-0.2, 0) is 16.0 Å². The van der Waals surface area contributed by atoms with Gasteiger partial charge in [0.1, 0.15) is 0 Å². The third kappa shape index (κ3) is 4.05. The molecule has 1 N–H and O–H groups in total. The van der Waals surface area contributed by atoms with E-state index in [9.17, 15) is 4.79 Å². The van der Waals surface area contributed by atoms with Gasteiger partial charge in [0.2, 0.25) is 12.7 Å². The summed E-state index contributed by atoms with van der Waals surface area (Å²) in [7, 11) is 0. The highest BCUT2D eigenvalue weighted by molar-refractivity contribution is 5.78. The van der Waals surface area contributed by atoms with E-state index in [0.717, 1.165) is 12.0 Å². The van der Waals surface area contributed by atoms with Gasteiger partial charge in [0.05, 0.1) is 12.1 Å². The van der Waals surface area contributed by atoms with Crippen molar-refractivity contribution in [1.82, 2.24) is 10.5 Å². The lowest BCUT2D eigenvalue weighted by atomic mass is 10.1. The number of aromatic nitrogens is 1. The van der Waals surface area contributed by atoms with Crippen molar-refractivity contribution in [3.8, 4) is 22.8 Å². The van der Waals surface area contributed by atoms with Crippen LogP contribution in [0.3, 0.4) is 0 Å². The van der Waals surface area contributed by atoms with Crippen LogP contribution in [0.4, 0.5) is 0 Å². The van der Waals surface area contributed by atoms with E-state index in [2.05, 4.69) is 10.5 Å². The van der Waals surface area contributed by atoms with Crippen LogP contribution < -0.4 is 14.8 Å². The Morgan fingerprint density at radius 1 is 1.29 bits per heavy atom. The highest BCUT2D eigenvalue weighted by Crippen LogP contribution is 2.35. The molecule has 0 spiro atoms. The van der Waals surface area contributed by atoms with Gasteiger partial charge in [-0.3, -0.25) is 4.79 Å². The van der Waals surface area contributed by atoms with Crippen molar-refractivity contribution >= 4 is 5.91 Å². The number of nitrogens with zero attached hydrogens (tertiary/aromatic N) is 1. The number of fused-ring (bicyclic) bond motifs is 1. The summed E-state index contributed by atoms with van der Waals surface area (Å²) in [4.78, 5) is 11.9. The lowest BCUT2D eigenvalue weighted by molar-refractivity contribution is -0.120. The Hall–Kier alpha value is -2.54. The third-order valence-corrected chi connectivity index (χ3v) is 3.55. The van der Waals surface area contributed by atoms with Gasteiger partial charge in [0.15, 0.2) is 17.3 Å². The minimum absolute atomic E-state index is 0.0861. The van der Waals surface area contributed by atoms with Gasteiger partial charge in [-0.1, -0.05) is 5.16 Å². The number of hydrogen-bond donors (Lipinski definition) is 1. The van der Waals surface area contributed by atoms with Gasteiger partial charge in [-0.05, 0) is 31.5 Å². The highest BCUT2D eigenvalue weighted by Gasteiger charge is 2.16. The lowest BCUT2D eigenvalue weighted by Crippen LogP contribution is -2.26. The second kappa shape index (κ2) is 7.83. The van der Waals surface area contributed by atoms with E-state index in [4.69, 9.17) is 18.7 Å². The Bertz CT molecular complexity index is 698. The number of hydrogen-bond acceptors (Lipinski definition) is 6. The molecule has 0 saturated heterocycles. The summed E-state index contributed by atoms with van der Waals surface area (Å²) in [5.74, 6) is 1.90. The van der Waals surface area contributed by atoms with Crippen molar-refractivity contribution < 1.29 is 23.5 Å². The molecule has 1 aliphatic heterocycles. The van der Waals surface area contributed by atoms with Gasteiger partial charge in [-0.25, -0.2) is 0 Å². The first-order valence-corrected chi connectivity index (χ1v) is 7.96. The fourth-order valence-electron chi connectivity index (χ4n) is 2.35. The predicted molar refractivity (Wildman–Crippen MR) is 85.9 cm³/mol. The van der Waals surface area contributed by atoms with Crippen LogP contribution in [0.1, 0.15) is 19.0 Å². The number of benzene rings is 1. The Morgan fingerprint density at radius 2 is 2.17 bits per heavy atom. The first-order valence-electron chi connectivity index (χ1n) is 7.96. The van der Waals surface area contributed by atoms with Crippen molar-refractivity contribution in [3.05, 3.63) is 30.0 Å². The van der Waals surface area contributed by atoms with Crippen molar-refractivity contribution in [2.75, 3.05) is 26.6 Å². The molecule has 2 heterocycles. The van der Waals surface area contributed by atoms with Crippen molar-refractivity contribution in [3.63, 3.8) is 0 Å². The monoisotopic (exact) mass is 332 g/mol. The van der Waals surface area contributed by atoms with Crippen LogP contribution in [0.5, 0.6) is 11.5 Å². The van der Waals surface area contributed by atoms with Gasteiger partial charge >= 0.3 is 0 Å². The van der Waals surface area contributed by atoms with E-state index in [1.165, 1.54) is 0 Å². The van der Waals surface area contributed by atoms with Crippen LogP contribution in [0, 0.1) is 0 Å². The van der Waals surface area contributed by atoms with Gasteiger partial charge in [-0.2, -0.15) is 0 Å². The number of nitrogens with one attached hydrogen (secondary N) is 1. The molecule has 1 amide bonds. The molecule has 24 heavy (non-hydrogen) atoms. The van der Waals surface area contributed by atoms with Crippen molar-refractivity contribution in [1.29, 1.82) is 0 Å². The van der Waals surface area contributed by atoms with E-state index in [0.29, 0.717) is 42.7 Å². The van der Waals surface area contributed by atoms with Gasteiger partial charge in [-0.15, -0.1) is 0 Å². The molecule has 7 heteroatoms. The van der Waals surface area contributed by atoms with Crippen molar-refractivity contribution in [2.24, 2.45) is 0 Å². The van der Waals surface area contributed by atoms with E-state index >= 15 is 0 Å². The van der Waals surface area contributed by atoms with Crippen molar-refractivity contribution in [2.45, 2.75) is 19.8 Å². The standard InChI is InChI=1S/C17H20N2O5/c1-2-21-7-3-6-18-17(20)10-13-9-15(24-19-13)12-4-5-14-16(8-12)23-11-22-14/h4-5,8-9H,2-3,6-7,10-11H2,1H3,(H,18,20). The third-order valence-electron chi connectivity index (χ3n) is 3.55. The summed E-state index contributed by atoms with van der Waals surface area (Å²) in [5, 5.41) is 6.79. The maximum absolute atomic E-state index is 11.9. The van der Waals surface area contributed by atoms with Crippen LogP contribution >= 0.6 is 0 Å². The molecule has 128 valence electrons. The normalized spacial score (nSPS) is 12.4. The van der Waals surface area contributed by atoms with E-state index < -0.39 is 0 Å². The molecule has 0 fully saturated rings. The zero-order chi connectivity index (χ0) is 16.8. The molecule has 2 aromatic rings. The topological polar surface area (TPSA) is 82.8 Å². The summed E-state index contributed by atoms with van der Waals surface area (Å²) in [5.41, 5.74) is 1.42. The molecular formula is C17H20N2O5. The van der Waals surface area contributed by atoms with E-state index in [1.807, 2.05) is 25.1 Å². The average Bonchev–Trinajstić information content (AvgIpc) is 3.22. The minimum atomic E-state index is -0.0861. The molecule has 0 bridgehead atoms. The largest absolute Gasteiger partial charge is 0.454 e. The molecule has 0 atom stereocenters. The van der Waals surface area contributed by atoms with Crippen LogP contribution in [0.25, 0.3) is 11.3 Å². The Balaban J connectivity index is 1.53. The zero-order valence-corrected chi connectivity index (χ0v) is 13.5. The molecule has 7 nitrogen and oxygen atoms in total. The number of amides is 1. The van der Waals surface area contributed by atoms with Crippen LogP contribution in [0.2, 0.25) is 0 Å². The van der Waals surface area contributed by atoms with Gasteiger partial charge < -0.3 is 24.1 Å². The highest BCUT2D eigenvalue weighted by atomic mass is 16.7. The molecule has 0 radical (unpaired) electrons. The summed E-state index contributed by atoms with van der Waals surface area (Å²) in [6.45, 7) is 4.10. The second-order valence-electron chi connectivity index (χ2n) is 5.33. The molecule has 3 rings (SSSR count). The molecule has 0 saturated carbocycles. The number of rotatable bonds is 8. The van der Waals surface area contributed by atoms with E-state index in [-0.39, 0.29) is 19.1 Å². The Morgan fingerprint density at radius 3 is 3.04 bits per heavy atom. The average molecular weight is 332 g/mol. The van der Waals surface area contributed by atoms with Crippen LogP contribution in [-0.4, -0.2) is 37.6 Å². The summed E-state index contributed by atoms with van der Waals surface area (Å²) < 4.78 is 21.2. The predicted octanol–water partition coefficient (Wildman–Crippen LogP) is 2.16. The maximum Gasteiger partial charge on any atom is 0.231 e. The minimum Gasteiger partial charge on any atom is -0.454 e. The second-order valence-corrected chi connectivity index (χ2v) is 5.33. The Labute approximate surface area is 139 Å². The Kier molecular flexibility index (Phi) is 5.32. The fraction of sp³-hybridized carbons (Fsp3) is 0.412. The first kappa shape index (κ1) is 16.3. The SMILES string of the molecule is CCOCCCNC(=O)Cc1cc(-c2ccc3c(c2)OCO3)on1. The fourth-order valence-corrected chi connectivity index (χ4v) is 2.35. The van der Waals surface area contributed by atoms with Crippen LogP contribution in [0.15, 0.2) is 28.8 Å². The number of carbonyl (C=O) groups is 1. The molecule has 0 aliphatic carbocycles. The molecule has 0 unspecified atom stereocenters. The molecule has 1 aromatic carbocycles. The molecular weight excluding hydrogens is 312 g/mol. The lowest BCUT2D eigenvalue weighted by Gasteiger charge is -2.03. The first-order chi connectivity index (χ1) is 11.8. The van der Waals surface area contributed by atoms with Gasteiger partial charge in [0.25, 0.3) is 0 Å². The maximum atomic E-state index is 11.9. The summed E-state index contributed by atoms with van der Waals surface area (Å²) in [6, 6.07) is 7.29. The quantitative estimate of drug-likeness (QED) is 0.746. The number of ether oxygens (including phenoxy) is 3. The summed E-state index contributed by atoms with van der Waals surface area (Å²) in [6.07, 6.45) is 0.976. The summed E-state index contributed by atoms with van der Waals surface area (Å²) >= 11 is 0. The smallest absolute Gasteiger partial charge is 0.231 e.